The van der Waals surface area contributed by atoms with Crippen molar-refractivity contribution < 1.29 is 9.90 Å². The molecule has 6 nitrogen and oxygen atoms in total. The van der Waals surface area contributed by atoms with E-state index >= 15 is 0 Å². The number of aromatic amines is 1. The largest absolute Gasteiger partial charge is 0.390 e. The lowest BCUT2D eigenvalue weighted by Crippen LogP contribution is -2.38. The van der Waals surface area contributed by atoms with Gasteiger partial charge in [0.15, 0.2) is 0 Å². The quantitative estimate of drug-likeness (QED) is 0.838. The van der Waals surface area contributed by atoms with Gasteiger partial charge in [0.25, 0.3) is 0 Å². The van der Waals surface area contributed by atoms with Gasteiger partial charge in [-0.2, -0.15) is 5.10 Å². The number of hydrogen-bond acceptors (Lipinski definition) is 4. The Morgan fingerprint density at radius 2 is 2.23 bits per heavy atom. The summed E-state index contributed by atoms with van der Waals surface area (Å²) in [6.45, 7) is 3.85. The number of rotatable bonds is 5. The number of β-amino-alcohol motifs (C(OH)–C–C–N with tert-alkyl or cyclic N) is 1. The summed E-state index contributed by atoms with van der Waals surface area (Å²) in [6, 6.07) is 0. The molecule has 1 aromatic rings. The zero-order valence-corrected chi connectivity index (χ0v) is 13.1. The molecular formula is C16H26N4O2. The van der Waals surface area contributed by atoms with Crippen LogP contribution in [0.5, 0.6) is 0 Å². The Morgan fingerprint density at radius 3 is 2.91 bits per heavy atom. The fourth-order valence-electron chi connectivity index (χ4n) is 3.31. The van der Waals surface area contributed by atoms with Crippen molar-refractivity contribution in [3.63, 3.8) is 0 Å². The van der Waals surface area contributed by atoms with E-state index < -0.39 is 6.10 Å². The standard InChI is InChI=1S/C16H26N4O2/c21-15-11-19(10-13-2-1-3-13)6-7-20(12-15)16(22)5-4-14-8-17-18-9-14/h8-9,13,15,21H,1-7,10-12H2,(H,17,18)/t15-/m1/s1. The number of aliphatic hydroxyl groups excluding tert-OH is 1. The third-order valence-electron chi connectivity index (χ3n) is 4.86. The molecule has 1 aliphatic heterocycles. The number of amides is 1. The number of nitrogens with one attached hydrogen (secondary N) is 1. The van der Waals surface area contributed by atoms with Crippen molar-refractivity contribution in [3.8, 4) is 0 Å². The van der Waals surface area contributed by atoms with Crippen LogP contribution in [0.15, 0.2) is 12.4 Å². The van der Waals surface area contributed by atoms with E-state index in [2.05, 4.69) is 15.1 Å². The first kappa shape index (κ1) is 15.5. The Balaban J connectivity index is 1.47. The molecule has 2 fully saturated rings. The molecule has 2 heterocycles. The van der Waals surface area contributed by atoms with Crippen molar-refractivity contribution in [2.24, 2.45) is 5.92 Å². The van der Waals surface area contributed by atoms with Crippen LogP contribution >= 0.6 is 0 Å². The van der Waals surface area contributed by atoms with Gasteiger partial charge in [-0.15, -0.1) is 0 Å². The summed E-state index contributed by atoms with van der Waals surface area (Å²) in [4.78, 5) is 16.5. The van der Waals surface area contributed by atoms with E-state index in [0.29, 0.717) is 25.9 Å². The zero-order chi connectivity index (χ0) is 15.4. The predicted octanol–water partition coefficient (Wildman–Crippen LogP) is 0.647. The van der Waals surface area contributed by atoms with Crippen molar-refractivity contribution in [2.75, 3.05) is 32.7 Å². The van der Waals surface area contributed by atoms with Gasteiger partial charge in [-0.05, 0) is 30.7 Å². The van der Waals surface area contributed by atoms with Crippen molar-refractivity contribution in [1.29, 1.82) is 0 Å². The highest BCUT2D eigenvalue weighted by Crippen LogP contribution is 2.27. The molecule has 1 aromatic heterocycles. The van der Waals surface area contributed by atoms with Crippen LogP contribution in [0.3, 0.4) is 0 Å². The Bertz CT molecular complexity index is 473. The zero-order valence-electron chi connectivity index (χ0n) is 13.1. The van der Waals surface area contributed by atoms with E-state index in [1.807, 2.05) is 11.1 Å². The fourth-order valence-corrected chi connectivity index (χ4v) is 3.31. The average molecular weight is 306 g/mol. The first-order chi connectivity index (χ1) is 10.7. The smallest absolute Gasteiger partial charge is 0.223 e. The fraction of sp³-hybridized carbons (Fsp3) is 0.750. The van der Waals surface area contributed by atoms with E-state index in [1.54, 1.807) is 6.20 Å². The Kier molecular flexibility index (Phi) is 5.10. The van der Waals surface area contributed by atoms with E-state index in [9.17, 15) is 9.90 Å². The summed E-state index contributed by atoms with van der Waals surface area (Å²) >= 11 is 0. The number of hydrogen-bond donors (Lipinski definition) is 2. The molecule has 1 amide bonds. The van der Waals surface area contributed by atoms with Gasteiger partial charge in [0.1, 0.15) is 0 Å². The van der Waals surface area contributed by atoms with E-state index in [1.165, 1.54) is 19.3 Å². The summed E-state index contributed by atoms with van der Waals surface area (Å²) in [5.41, 5.74) is 1.05. The van der Waals surface area contributed by atoms with Gasteiger partial charge >= 0.3 is 0 Å². The number of H-pyrrole nitrogens is 1. The van der Waals surface area contributed by atoms with Crippen LogP contribution in [0, 0.1) is 5.92 Å². The van der Waals surface area contributed by atoms with E-state index in [-0.39, 0.29) is 5.91 Å². The topological polar surface area (TPSA) is 72.5 Å². The van der Waals surface area contributed by atoms with Crippen LogP contribution in [0.1, 0.15) is 31.2 Å². The molecule has 122 valence electrons. The summed E-state index contributed by atoms with van der Waals surface area (Å²) in [5, 5.41) is 16.8. The van der Waals surface area contributed by atoms with Crippen LogP contribution in [-0.4, -0.2) is 69.8 Å². The molecule has 1 aliphatic carbocycles. The minimum absolute atomic E-state index is 0.130. The number of carbonyl (C=O) groups excluding carboxylic acids is 1. The van der Waals surface area contributed by atoms with Crippen LogP contribution in [0.2, 0.25) is 0 Å². The SMILES string of the molecule is O=C(CCc1cn[nH]c1)N1CCN(CC2CCC2)C[C@@H](O)C1. The Hall–Kier alpha value is -1.40. The third-order valence-corrected chi connectivity index (χ3v) is 4.86. The van der Waals surface area contributed by atoms with Gasteiger partial charge in [0.05, 0.1) is 12.3 Å². The molecule has 22 heavy (non-hydrogen) atoms. The second-order valence-electron chi connectivity index (χ2n) is 6.66. The minimum atomic E-state index is -0.430. The van der Waals surface area contributed by atoms with Gasteiger partial charge in [0, 0.05) is 45.3 Å². The van der Waals surface area contributed by atoms with Crippen molar-refractivity contribution in [2.45, 2.75) is 38.2 Å². The second-order valence-corrected chi connectivity index (χ2v) is 6.66. The van der Waals surface area contributed by atoms with Crippen molar-refractivity contribution >= 4 is 5.91 Å². The second kappa shape index (κ2) is 7.24. The molecule has 3 rings (SSSR count). The average Bonchev–Trinajstić information content (AvgIpc) is 2.90. The molecule has 2 aliphatic rings. The predicted molar refractivity (Wildman–Crippen MR) is 83.3 cm³/mol. The molecule has 6 heteroatoms. The van der Waals surface area contributed by atoms with Crippen molar-refractivity contribution in [3.05, 3.63) is 18.0 Å². The van der Waals surface area contributed by atoms with Gasteiger partial charge in [-0.3, -0.25) is 14.8 Å². The first-order valence-electron chi connectivity index (χ1n) is 8.36. The highest BCUT2D eigenvalue weighted by molar-refractivity contribution is 5.76. The molecule has 0 spiro atoms. The van der Waals surface area contributed by atoms with Gasteiger partial charge in [-0.1, -0.05) is 6.42 Å². The lowest BCUT2D eigenvalue weighted by atomic mass is 9.85. The molecule has 0 bridgehead atoms. The molecule has 0 unspecified atom stereocenters. The van der Waals surface area contributed by atoms with E-state index in [4.69, 9.17) is 0 Å². The Labute approximate surface area is 131 Å². The highest BCUT2D eigenvalue weighted by Gasteiger charge is 2.27. The normalized spacial score (nSPS) is 24.0. The maximum Gasteiger partial charge on any atom is 0.223 e. The number of carbonyl (C=O) groups is 1. The van der Waals surface area contributed by atoms with Crippen LogP contribution in [0.25, 0.3) is 0 Å². The summed E-state index contributed by atoms with van der Waals surface area (Å²) in [7, 11) is 0. The maximum atomic E-state index is 12.4. The molecule has 0 aromatic carbocycles. The van der Waals surface area contributed by atoms with E-state index in [0.717, 1.165) is 31.1 Å². The van der Waals surface area contributed by atoms with Crippen LogP contribution < -0.4 is 0 Å². The molecule has 0 radical (unpaired) electrons. The molecule has 2 N–H and O–H groups in total. The molecule has 1 atom stereocenters. The minimum Gasteiger partial charge on any atom is -0.390 e. The third kappa shape index (κ3) is 4.08. The summed E-state index contributed by atoms with van der Waals surface area (Å²) in [5.74, 6) is 0.932. The molecule has 1 saturated heterocycles. The molecule has 1 saturated carbocycles. The number of aromatic nitrogens is 2. The maximum absolute atomic E-state index is 12.4. The first-order valence-corrected chi connectivity index (χ1v) is 8.36. The monoisotopic (exact) mass is 306 g/mol. The van der Waals surface area contributed by atoms with Crippen LogP contribution in [0.4, 0.5) is 0 Å². The van der Waals surface area contributed by atoms with Gasteiger partial charge in [0.2, 0.25) is 5.91 Å². The summed E-state index contributed by atoms with van der Waals surface area (Å²) in [6.07, 6.45) is 8.32. The van der Waals surface area contributed by atoms with Gasteiger partial charge in [-0.25, -0.2) is 0 Å². The van der Waals surface area contributed by atoms with Crippen molar-refractivity contribution in [1.82, 2.24) is 20.0 Å². The number of aryl methyl sites for hydroxylation is 1. The van der Waals surface area contributed by atoms with Crippen LogP contribution in [-0.2, 0) is 11.2 Å². The molecular weight excluding hydrogens is 280 g/mol. The highest BCUT2D eigenvalue weighted by atomic mass is 16.3. The lowest BCUT2D eigenvalue weighted by molar-refractivity contribution is -0.132. The summed E-state index contributed by atoms with van der Waals surface area (Å²) < 4.78 is 0. The lowest BCUT2D eigenvalue weighted by Gasteiger charge is -2.32. The Morgan fingerprint density at radius 1 is 1.36 bits per heavy atom. The van der Waals surface area contributed by atoms with Gasteiger partial charge < -0.3 is 10.0 Å². The number of nitrogens with zero attached hydrogens (tertiary/aromatic N) is 3. The number of aliphatic hydroxyl groups is 1.